The number of hydrogen-bond donors (Lipinski definition) is 2. The first-order chi connectivity index (χ1) is 20.4. The quantitative estimate of drug-likeness (QED) is 0.111. The van der Waals surface area contributed by atoms with Crippen molar-refractivity contribution in [1.29, 1.82) is 0 Å². The first-order valence-electron chi connectivity index (χ1n) is 12.5. The van der Waals surface area contributed by atoms with Gasteiger partial charge in [-0.25, -0.2) is 10.4 Å². The Bertz CT molecular complexity index is 1710. The maximum atomic E-state index is 12.7. The van der Waals surface area contributed by atoms with E-state index >= 15 is 0 Å². The smallest absolute Gasteiger partial charge is 0.271 e. The van der Waals surface area contributed by atoms with Gasteiger partial charge in [0.1, 0.15) is 6.61 Å². The summed E-state index contributed by atoms with van der Waals surface area (Å²) in [5.74, 6) is 0.787. The Morgan fingerprint density at radius 1 is 1.02 bits per heavy atom. The second kappa shape index (κ2) is 14.0. The van der Waals surface area contributed by atoms with Gasteiger partial charge in [0.15, 0.2) is 16.6 Å². The molecule has 4 aromatic carbocycles. The Hall–Kier alpha value is -3.70. The zero-order valence-electron chi connectivity index (χ0n) is 22.1. The van der Waals surface area contributed by atoms with E-state index in [0.29, 0.717) is 33.2 Å². The summed E-state index contributed by atoms with van der Waals surface area (Å²) >= 11 is 14.4. The van der Waals surface area contributed by atoms with Crippen molar-refractivity contribution in [2.45, 2.75) is 6.61 Å². The second-order valence-corrected chi connectivity index (χ2v) is 12.0. The Balaban J connectivity index is 1.18. The molecule has 212 valence electrons. The minimum atomic E-state index is -0.332. The average Bonchev–Trinajstić information content (AvgIpc) is 3.47. The largest absolute Gasteiger partial charge is 0.493 e. The van der Waals surface area contributed by atoms with Crippen LogP contribution in [0.5, 0.6) is 11.5 Å². The van der Waals surface area contributed by atoms with Crippen molar-refractivity contribution in [1.82, 2.24) is 10.4 Å². The predicted molar refractivity (Wildman–Crippen MR) is 177 cm³/mol. The van der Waals surface area contributed by atoms with E-state index in [1.807, 2.05) is 72.1 Å². The van der Waals surface area contributed by atoms with Crippen LogP contribution in [0.15, 0.2) is 104 Å². The number of nitrogens with one attached hydrogen (secondary N) is 2. The number of amides is 1. The first kappa shape index (κ1) is 29.8. The predicted octanol–water partition coefficient (Wildman–Crippen LogP) is 9.08. The highest BCUT2D eigenvalue weighted by atomic mass is 79.9. The number of nitrogens with zero attached hydrogens (tertiary/aromatic N) is 2. The van der Waals surface area contributed by atoms with Crippen LogP contribution in [0.4, 0.5) is 10.8 Å². The van der Waals surface area contributed by atoms with Crippen LogP contribution in [-0.2, 0) is 6.61 Å². The molecule has 0 spiro atoms. The van der Waals surface area contributed by atoms with Crippen molar-refractivity contribution in [2.24, 2.45) is 5.10 Å². The van der Waals surface area contributed by atoms with Gasteiger partial charge in [0, 0.05) is 31.7 Å². The molecule has 7 nitrogen and oxygen atoms in total. The molecule has 0 aliphatic carbocycles. The summed E-state index contributed by atoms with van der Waals surface area (Å²) in [6.45, 7) is 0.383. The SMILES string of the molecule is COc1cc(/C=N\NC(=O)c2ccc(-c3csc(Nc4ccc(Cl)cc4)n3)cc2)cc(Br)c1OCc1ccc(Br)cc1. The average molecular weight is 727 g/mol. The number of rotatable bonds is 10. The fourth-order valence-corrected chi connectivity index (χ4v) is 5.54. The topological polar surface area (TPSA) is 84.8 Å². The monoisotopic (exact) mass is 724 g/mol. The molecule has 1 amide bonds. The molecule has 0 bridgehead atoms. The number of benzene rings is 4. The summed E-state index contributed by atoms with van der Waals surface area (Å²) in [6.07, 6.45) is 1.54. The highest BCUT2D eigenvalue weighted by molar-refractivity contribution is 9.10. The van der Waals surface area contributed by atoms with Gasteiger partial charge in [0.05, 0.1) is 23.5 Å². The van der Waals surface area contributed by atoms with Gasteiger partial charge in [0.25, 0.3) is 5.91 Å². The van der Waals surface area contributed by atoms with Crippen LogP contribution < -0.4 is 20.2 Å². The zero-order valence-corrected chi connectivity index (χ0v) is 26.9. The van der Waals surface area contributed by atoms with Gasteiger partial charge in [-0.3, -0.25) is 4.79 Å². The van der Waals surface area contributed by atoms with Crippen LogP contribution in [0.25, 0.3) is 11.3 Å². The summed E-state index contributed by atoms with van der Waals surface area (Å²) in [7, 11) is 1.57. The van der Waals surface area contributed by atoms with E-state index in [9.17, 15) is 4.79 Å². The van der Waals surface area contributed by atoms with Crippen LogP contribution in [0.2, 0.25) is 5.02 Å². The van der Waals surface area contributed by atoms with Gasteiger partial charge in [-0.2, -0.15) is 5.10 Å². The number of methoxy groups -OCH3 is 1. The number of halogens is 3. The maximum Gasteiger partial charge on any atom is 0.271 e. The van der Waals surface area contributed by atoms with Crippen molar-refractivity contribution in [3.8, 4) is 22.8 Å². The lowest BCUT2D eigenvalue weighted by Gasteiger charge is -2.13. The van der Waals surface area contributed by atoms with E-state index in [0.717, 1.165) is 37.7 Å². The summed E-state index contributed by atoms with van der Waals surface area (Å²) in [5, 5.41) is 10.8. The van der Waals surface area contributed by atoms with E-state index in [1.54, 1.807) is 31.5 Å². The molecular formula is C31H23Br2ClN4O3S. The lowest BCUT2D eigenvalue weighted by molar-refractivity contribution is 0.0955. The molecule has 0 saturated heterocycles. The molecule has 2 N–H and O–H groups in total. The van der Waals surface area contributed by atoms with Crippen LogP contribution in [0, 0.1) is 0 Å². The molecule has 5 rings (SSSR count). The number of thiazole rings is 1. The van der Waals surface area contributed by atoms with Crippen molar-refractivity contribution in [3.63, 3.8) is 0 Å². The lowest BCUT2D eigenvalue weighted by Crippen LogP contribution is -2.17. The Kier molecular flexibility index (Phi) is 9.91. The Morgan fingerprint density at radius 2 is 1.76 bits per heavy atom. The van der Waals surface area contributed by atoms with Gasteiger partial charge in [-0.05, 0) is 87.7 Å². The lowest BCUT2D eigenvalue weighted by atomic mass is 10.1. The number of aromatic nitrogens is 1. The maximum absolute atomic E-state index is 12.7. The number of anilines is 2. The zero-order chi connectivity index (χ0) is 29.5. The molecule has 0 fully saturated rings. The molecule has 5 aromatic rings. The fraction of sp³-hybridized carbons (Fsp3) is 0.0645. The summed E-state index contributed by atoms with van der Waals surface area (Å²) < 4.78 is 13.2. The van der Waals surface area contributed by atoms with Crippen molar-refractivity contribution in [3.05, 3.63) is 121 Å². The minimum Gasteiger partial charge on any atom is -0.493 e. The summed E-state index contributed by atoms with van der Waals surface area (Å²) in [4.78, 5) is 17.3. The van der Waals surface area contributed by atoms with Crippen molar-refractivity contribution in [2.75, 3.05) is 12.4 Å². The fourth-order valence-electron chi connectivity index (χ4n) is 3.83. The van der Waals surface area contributed by atoms with E-state index in [2.05, 4.69) is 52.7 Å². The highest BCUT2D eigenvalue weighted by Crippen LogP contribution is 2.37. The molecular weight excluding hydrogens is 704 g/mol. The molecule has 0 radical (unpaired) electrons. The van der Waals surface area contributed by atoms with Gasteiger partial charge in [-0.15, -0.1) is 11.3 Å². The van der Waals surface area contributed by atoms with Gasteiger partial charge >= 0.3 is 0 Å². The van der Waals surface area contributed by atoms with Crippen molar-refractivity contribution >= 4 is 77.7 Å². The van der Waals surface area contributed by atoms with Gasteiger partial charge in [0.2, 0.25) is 0 Å². The molecule has 0 unspecified atom stereocenters. The molecule has 0 aliphatic heterocycles. The molecule has 1 heterocycles. The van der Waals surface area contributed by atoms with Crippen LogP contribution >= 0.6 is 54.8 Å². The molecule has 11 heteroatoms. The number of hydrogen-bond acceptors (Lipinski definition) is 7. The van der Waals surface area contributed by atoms with E-state index in [4.69, 9.17) is 21.1 Å². The summed E-state index contributed by atoms with van der Waals surface area (Å²) in [6, 6.07) is 26.1. The Morgan fingerprint density at radius 3 is 2.48 bits per heavy atom. The van der Waals surface area contributed by atoms with E-state index in [1.165, 1.54) is 11.3 Å². The number of carbonyl (C=O) groups is 1. The highest BCUT2D eigenvalue weighted by Gasteiger charge is 2.12. The third-order valence-corrected chi connectivity index (χ3v) is 8.10. The second-order valence-electron chi connectivity index (χ2n) is 8.90. The molecule has 42 heavy (non-hydrogen) atoms. The standard InChI is InChI=1S/C31H23Br2ClN4O3S/c1-40-28-15-20(14-26(33)29(28)41-17-19-2-8-23(32)9-3-19)16-35-38-30(39)22-6-4-21(5-7-22)27-18-42-31(37-27)36-25-12-10-24(34)11-13-25/h2-16,18H,17H2,1H3,(H,36,37)(H,38,39)/b35-16-. The molecule has 0 atom stereocenters. The minimum absolute atomic E-state index is 0.332. The molecule has 0 saturated carbocycles. The molecule has 1 aromatic heterocycles. The van der Waals surface area contributed by atoms with Crippen LogP contribution in [0.1, 0.15) is 21.5 Å². The van der Waals surface area contributed by atoms with Crippen LogP contribution in [-0.4, -0.2) is 24.2 Å². The summed E-state index contributed by atoms with van der Waals surface area (Å²) in [5.41, 5.74) is 7.40. The third kappa shape index (κ3) is 7.77. The van der Waals surface area contributed by atoms with Crippen LogP contribution in [0.3, 0.4) is 0 Å². The first-order valence-corrected chi connectivity index (χ1v) is 15.4. The Labute approximate surface area is 268 Å². The third-order valence-electron chi connectivity index (χ3n) is 5.97. The van der Waals surface area contributed by atoms with E-state index < -0.39 is 0 Å². The van der Waals surface area contributed by atoms with Crippen molar-refractivity contribution < 1.29 is 14.3 Å². The number of hydrazone groups is 1. The van der Waals surface area contributed by atoms with E-state index in [-0.39, 0.29) is 5.91 Å². The van der Waals surface area contributed by atoms with Gasteiger partial charge in [-0.1, -0.05) is 51.8 Å². The molecule has 0 aliphatic rings. The number of carbonyl (C=O) groups excluding carboxylic acids is 1. The number of ether oxygens (including phenoxy) is 2. The normalized spacial score (nSPS) is 11.0. The van der Waals surface area contributed by atoms with Gasteiger partial charge < -0.3 is 14.8 Å².